The lowest BCUT2D eigenvalue weighted by Crippen LogP contribution is -2.36. The molecule has 1 aliphatic rings. The third-order valence-electron chi connectivity index (χ3n) is 4.30. The van der Waals surface area contributed by atoms with Gasteiger partial charge in [-0.2, -0.15) is 0 Å². The fourth-order valence-electron chi connectivity index (χ4n) is 3.00. The number of hydrogen-bond donors (Lipinski definition) is 0. The highest BCUT2D eigenvalue weighted by Gasteiger charge is 2.28. The zero-order valence-electron chi connectivity index (χ0n) is 13.1. The average molecular weight is 287 g/mol. The highest BCUT2D eigenvalue weighted by atomic mass is 16.2. The van der Waals surface area contributed by atoms with Crippen molar-refractivity contribution in [1.29, 1.82) is 0 Å². The predicted octanol–water partition coefficient (Wildman–Crippen LogP) is 4.21. The molecule has 0 bridgehead atoms. The average Bonchev–Trinajstić information content (AvgIpc) is 2.67. The quantitative estimate of drug-likeness (QED) is 0.813. The highest BCUT2D eigenvalue weighted by Crippen LogP contribution is 2.29. The predicted molar refractivity (Wildman–Crippen MR) is 85.7 cm³/mol. The molecule has 1 unspecified atom stereocenters. The van der Waals surface area contributed by atoms with Crippen LogP contribution < -0.4 is 4.90 Å². The molecule has 2 rings (SSSR count). The summed E-state index contributed by atoms with van der Waals surface area (Å²) < 4.78 is 0. The van der Waals surface area contributed by atoms with Crippen molar-refractivity contribution in [2.45, 2.75) is 52.4 Å². The molecule has 0 spiro atoms. The van der Waals surface area contributed by atoms with Gasteiger partial charge >= 0.3 is 0 Å². The maximum Gasteiger partial charge on any atom is 0.230 e. The zero-order valence-corrected chi connectivity index (χ0v) is 13.1. The monoisotopic (exact) mass is 287 g/mol. The van der Waals surface area contributed by atoms with Crippen LogP contribution in [-0.4, -0.2) is 18.2 Å². The van der Waals surface area contributed by atoms with Crippen LogP contribution in [-0.2, 0) is 4.79 Å². The van der Waals surface area contributed by atoms with Crippen LogP contribution >= 0.6 is 0 Å². The largest absolute Gasteiger partial charge is 0.311 e. The van der Waals surface area contributed by atoms with E-state index in [1.165, 1.54) is 0 Å². The summed E-state index contributed by atoms with van der Waals surface area (Å²) in [6, 6.07) is 7.53. The Hall–Kier alpha value is -1.64. The van der Waals surface area contributed by atoms with Gasteiger partial charge in [0.15, 0.2) is 5.78 Å². The van der Waals surface area contributed by atoms with Gasteiger partial charge in [-0.25, -0.2) is 0 Å². The summed E-state index contributed by atoms with van der Waals surface area (Å²) in [5.41, 5.74) is 1.51. The van der Waals surface area contributed by atoms with Crippen molar-refractivity contribution in [1.82, 2.24) is 0 Å². The number of unbranched alkanes of at least 4 members (excludes halogenated alkanes) is 1. The maximum absolute atomic E-state index is 12.9. The molecule has 0 fully saturated rings. The van der Waals surface area contributed by atoms with Crippen LogP contribution in [0.5, 0.6) is 0 Å². The van der Waals surface area contributed by atoms with Crippen molar-refractivity contribution in [3.63, 3.8) is 0 Å². The number of amides is 1. The molecule has 1 amide bonds. The molecule has 0 saturated heterocycles. The van der Waals surface area contributed by atoms with Crippen molar-refractivity contribution < 1.29 is 9.59 Å². The minimum absolute atomic E-state index is 0.0752. The summed E-state index contributed by atoms with van der Waals surface area (Å²) in [6.45, 7) is 4.88. The molecular formula is C18H25NO2. The highest BCUT2D eigenvalue weighted by molar-refractivity contribution is 6.07. The van der Waals surface area contributed by atoms with Crippen LogP contribution in [0.1, 0.15) is 62.7 Å². The number of fused-ring (bicyclic) bond motifs is 1. The van der Waals surface area contributed by atoms with Gasteiger partial charge in [0.25, 0.3) is 0 Å². The van der Waals surface area contributed by atoms with E-state index in [0.717, 1.165) is 37.8 Å². The molecule has 21 heavy (non-hydrogen) atoms. The Bertz CT molecular complexity index is 510. The fraction of sp³-hybridized carbons (Fsp3) is 0.556. The van der Waals surface area contributed by atoms with Crippen LogP contribution in [0.2, 0.25) is 0 Å². The SMILES string of the molecule is CCCCC(CC)C(=O)N1CCCC(=O)c2ccccc21. The second-order valence-electron chi connectivity index (χ2n) is 5.78. The van der Waals surface area contributed by atoms with Gasteiger partial charge in [0.05, 0.1) is 5.69 Å². The first-order valence-electron chi connectivity index (χ1n) is 8.12. The van der Waals surface area contributed by atoms with E-state index >= 15 is 0 Å². The molecule has 3 nitrogen and oxygen atoms in total. The number of benzene rings is 1. The number of carbonyl (C=O) groups is 2. The van der Waals surface area contributed by atoms with Crippen molar-refractivity contribution >= 4 is 17.4 Å². The number of nitrogens with zero attached hydrogens (tertiary/aromatic N) is 1. The first kappa shape index (κ1) is 15.7. The van der Waals surface area contributed by atoms with Crippen LogP contribution in [0.25, 0.3) is 0 Å². The molecule has 1 heterocycles. The molecule has 0 saturated carbocycles. The third-order valence-corrected chi connectivity index (χ3v) is 4.30. The summed E-state index contributed by atoms with van der Waals surface area (Å²) in [5, 5.41) is 0. The van der Waals surface area contributed by atoms with Crippen LogP contribution in [0.4, 0.5) is 5.69 Å². The number of ketones is 1. The van der Waals surface area contributed by atoms with E-state index in [-0.39, 0.29) is 17.6 Å². The van der Waals surface area contributed by atoms with Crippen molar-refractivity contribution in [3.8, 4) is 0 Å². The lowest BCUT2D eigenvalue weighted by Gasteiger charge is -2.27. The number of para-hydroxylation sites is 1. The molecule has 1 aromatic carbocycles. The van der Waals surface area contributed by atoms with Crippen LogP contribution in [0.15, 0.2) is 24.3 Å². The van der Waals surface area contributed by atoms with Gasteiger partial charge in [0, 0.05) is 24.4 Å². The van der Waals surface area contributed by atoms with Crippen molar-refractivity contribution in [2.75, 3.05) is 11.4 Å². The smallest absolute Gasteiger partial charge is 0.230 e. The van der Waals surface area contributed by atoms with E-state index in [1.54, 1.807) is 0 Å². The maximum atomic E-state index is 12.9. The molecule has 1 aromatic rings. The second kappa shape index (κ2) is 7.39. The molecule has 3 heteroatoms. The standard InChI is InChI=1S/C18H25NO2/c1-3-5-9-14(4-2)18(21)19-13-8-12-17(20)15-10-6-7-11-16(15)19/h6-7,10-11,14H,3-5,8-9,12-13H2,1-2H3. The number of carbonyl (C=O) groups excluding carboxylic acids is 2. The molecule has 1 atom stereocenters. The second-order valence-corrected chi connectivity index (χ2v) is 5.78. The van der Waals surface area contributed by atoms with Gasteiger partial charge in [0.1, 0.15) is 0 Å². The molecule has 0 N–H and O–H groups in total. The Kier molecular flexibility index (Phi) is 5.54. The molecule has 0 radical (unpaired) electrons. The molecule has 0 aliphatic carbocycles. The molecule has 0 aromatic heterocycles. The van der Waals surface area contributed by atoms with E-state index in [9.17, 15) is 9.59 Å². The Morgan fingerprint density at radius 1 is 1.29 bits per heavy atom. The van der Waals surface area contributed by atoms with Crippen molar-refractivity contribution in [2.24, 2.45) is 5.92 Å². The number of hydrogen-bond acceptors (Lipinski definition) is 2. The van der Waals surface area contributed by atoms with Crippen molar-refractivity contribution in [3.05, 3.63) is 29.8 Å². The first-order chi connectivity index (χ1) is 10.2. The van der Waals surface area contributed by atoms with Crippen LogP contribution in [0, 0.1) is 5.92 Å². The van der Waals surface area contributed by atoms with Gasteiger partial charge in [-0.05, 0) is 31.4 Å². The lowest BCUT2D eigenvalue weighted by atomic mass is 9.97. The lowest BCUT2D eigenvalue weighted by molar-refractivity contribution is -0.122. The topological polar surface area (TPSA) is 37.4 Å². The van der Waals surface area contributed by atoms with Gasteiger partial charge in [0.2, 0.25) is 5.91 Å². The van der Waals surface area contributed by atoms with Gasteiger partial charge < -0.3 is 4.90 Å². The summed E-state index contributed by atoms with van der Waals surface area (Å²) >= 11 is 0. The van der Waals surface area contributed by atoms with E-state index in [0.29, 0.717) is 18.5 Å². The Morgan fingerprint density at radius 2 is 2.05 bits per heavy atom. The number of rotatable bonds is 5. The summed E-state index contributed by atoms with van der Waals surface area (Å²) in [7, 11) is 0. The Labute approximate surface area is 127 Å². The minimum atomic E-state index is 0.0752. The molecule has 114 valence electrons. The third kappa shape index (κ3) is 3.52. The Morgan fingerprint density at radius 3 is 2.76 bits per heavy atom. The Balaban J connectivity index is 2.27. The summed E-state index contributed by atoms with van der Waals surface area (Å²) in [6.07, 6.45) is 5.29. The normalized spacial score (nSPS) is 16.3. The number of anilines is 1. The van der Waals surface area contributed by atoms with Gasteiger partial charge in [-0.1, -0.05) is 38.8 Å². The van der Waals surface area contributed by atoms with Crippen LogP contribution in [0.3, 0.4) is 0 Å². The number of Topliss-reactive ketones (excluding diaryl/α,β-unsaturated/α-hetero) is 1. The van der Waals surface area contributed by atoms with E-state index in [2.05, 4.69) is 13.8 Å². The summed E-state index contributed by atoms with van der Waals surface area (Å²) in [4.78, 5) is 26.9. The molecular weight excluding hydrogens is 262 g/mol. The zero-order chi connectivity index (χ0) is 15.2. The molecule has 1 aliphatic heterocycles. The first-order valence-corrected chi connectivity index (χ1v) is 8.12. The minimum Gasteiger partial charge on any atom is -0.311 e. The van der Waals surface area contributed by atoms with Gasteiger partial charge in [-0.15, -0.1) is 0 Å². The van der Waals surface area contributed by atoms with E-state index in [1.807, 2.05) is 29.2 Å². The van der Waals surface area contributed by atoms with Gasteiger partial charge in [-0.3, -0.25) is 9.59 Å². The van der Waals surface area contributed by atoms with E-state index in [4.69, 9.17) is 0 Å². The fourth-order valence-corrected chi connectivity index (χ4v) is 3.00. The van der Waals surface area contributed by atoms with E-state index < -0.39 is 0 Å². The summed E-state index contributed by atoms with van der Waals surface area (Å²) in [5.74, 6) is 0.418.